The number of nitrogens with zero attached hydrogens (tertiary/aromatic N) is 1. The number of piperidine rings is 1. The van der Waals surface area contributed by atoms with Crippen LogP contribution in [0.1, 0.15) is 70.8 Å². The summed E-state index contributed by atoms with van der Waals surface area (Å²) in [6.45, 7) is 5.06. The van der Waals surface area contributed by atoms with E-state index < -0.39 is 0 Å². The van der Waals surface area contributed by atoms with Gasteiger partial charge >= 0.3 is 0 Å². The molecule has 0 radical (unpaired) electrons. The van der Waals surface area contributed by atoms with Gasteiger partial charge in [0.15, 0.2) is 0 Å². The fourth-order valence-electron chi connectivity index (χ4n) is 8.03. The molecule has 0 spiro atoms. The van der Waals surface area contributed by atoms with Gasteiger partial charge in [-0.15, -0.1) is 0 Å². The minimum Gasteiger partial charge on any atom is -0.342 e. The van der Waals surface area contributed by atoms with Crippen molar-refractivity contribution in [3.63, 3.8) is 0 Å². The first kappa shape index (κ1) is 19.7. The van der Waals surface area contributed by atoms with Gasteiger partial charge in [-0.2, -0.15) is 0 Å². The quantitative estimate of drug-likeness (QED) is 0.510. The van der Waals surface area contributed by atoms with Crippen molar-refractivity contribution in [1.82, 2.24) is 4.90 Å². The molecule has 1 heterocycles. The van der Waals surface area contributed by atoms with E-state index in [2.05, 4.69) is 50.1 Å². The Morgan fingerprint density at radius 2 is 1.90 bits per heavy atom. The Labute approximate surface area is 180 Å². The van der Waals surface area contributed by atoms with Crippen LogP contribution in [-0.4, -0.2) is 23.9 Å². The zero-order chi connectivity index (χ0) is 20.4. The lowest BCUT2D eigenvalue weighted by molar-refractivity contribution is -0.156. The Balaban J connectivity index is 1.44. The minimum atomic E-state index is 0.312. The molecule has 6 atom stereocenters. The number of hydrogen-bond acceptors (Lipinski definition) is 1. The summed E-state index contributed by atoms with van der Waals surface area (Å²) in [4.78, 5) is 14.4. The standard InChI is InChI=1S/C26H34ClNO/c1-25-13-11-22-20(8-10-23-26(22,2)14-12-24(29)28(23)3)21(25)9-7-18(25)15-17-5-4-6-19(27)16-17/h4-6,15-16,20-23H,7-14H2,1-3H3/b18-15+/t20-,21-,22-,23+,25+,26+/m0/s1. The highest BCUT2D eigenvalue weighted by molar-refractivity contribution is 6.30. The highest BCUT2D eigenvalue weighted by Gasteiger charge is 2.59. The van der Waals surface area contributed by atoms with Crippen molar-refractivity contribution in [1.29, 1.82) is 0 Å². The van der Waals surface area contributed by atoms with E-state index in [1.54, 1.807) is 5.57 Å². The van der Waals surface area contributed by atoms with Crippen molar-refractivity contribution in [3.8, 4) is 0 Å². The Morgan fingerprint density at radius 3 is 2.69 bits per heavy atom. The Hall–Kier alpha value is -1.28. The summed E-state index contributed by atoms with van der Waals surface area (Å²) < 4.78 is 0. The van der Waals surface area contributed by atoms with Crippen LogP contribution < -0.4 is 0 Å². The molecule has 1 aromatic rings. The summed E-state index contributed by atoms with van der Waals surface area (Å²) in [7, 11) is 2.05. The van der Waals surface area contributed by atoms with Gasteiger partial charge in [0.2, 0.25) is 5.91 Å². The average Bonchev–Trinajstić information content (AvgIpc) is 3.02. The number of rotatable bonds is 1. The molecule has 4 aliphatic rings. The fourth-order valence-corrected chi connectivity index (χ4v) is 8.23. The van der Waals surface area contributed by atoms with Gasteiger partial charge in [-0.1, -0.05) is 49.2 Å². The molecule has 0 aromatic heterocycles. The molecule has 0 bridgehead atoms. The zero-order valence-corrected chi connectivity index (χ0v) is 18.8. The third-order valence-corrected chi connectivity index (χ3v) is 9.83. The number of amides is 1. The Kier molecular flexibility index (Phi) is 4.66. The van der Waals surface area contributed by atoms with Gasteiger partial charge in [-0.3, -0.25) is 4.79 Å². The monoisotopic (exact) mass is 411 g/mol. The van der Waals surface area contributed by atoms with E-state index in [0.29, 0.717) is 22.8 Å². The summed E-state index contributed by atoms with van der Waals surface area (Å²) in [6, 6.07) is 8.75. The lowest BCUT2D eigenvalue weighted by atomic mass is 9.47. The number of carbonyl (C=O) groups is 1. The van der Waals surface area contributed by atoms with Crippen LogP contribution >= 0.6 is 11.6 Å². The topological polar surface area (TPSA) is 20.3 Å². The maximum Gasteiger partial charge on any atom is 0.222 e. The van der Waals surface area contributed by atoms with Crippen molar-refractivity contribution in [2.75, 3.05) is 7.05 Å². The molecule has 156 valence electrons. The summed E-state index contributed by atoms with van der Waals surface area (Å²) in [5, 5.41) is 0.824. The van der Waals surface area contributed by atoms with Gasteiger partial charge in [0, 0.05) is 24.5 Å². The van der Waals surface area contributed by atoms with Crippen LogP contribution in [0.3, 0.4) is 0 Å². The molecule has 3 aliphatic carbocycles. The van der Waals surface area contributed by atoms with E-state index in [0.717, 1.165) is 35.6 Å². The van der Waals surface area contributed by atoms with Crippen LogP contribution in [0.25, 0.3) is 6.08 Å². The molecule has 1 amide bonds. The van der Waals surface area contributed by atoms with E-state index in [1.807, 2.05) is 6.07 Å². The maximum absolute atomic E-state index is 12.3. The van der Waals surface area contributed by atoms with Crippen LogP contribution in [0.2, 0.25) is 5.02 Å². The summed E-state index contributed by atoms with van der Waals surface area (Å²) in [6.07, 6.45) is 11.9. The smallest absolute Gasteiger partial charge is 0.222 e. The minimum absolute atomic E-state index is 0.312. The predicted molar refractivity (Wildman–Crippen MR) is 120 cm³/mol. The molecule has 29 heavy (non-hydrogen) atoms. The third kappa shape index (κ3) is 2.92. The van der Waals surface area contributed by atoms with Gasteiger partial charge in [0.05, 0.1) is 0 Å². The predicted octanol–water partition coefficient (Wildman–Crippen LogP) is 6.59. The number of carbonyl (C=O) groups excluding carboxylic acids is 1. The van der Waals surface area contributed by atoms with Gasteiger partial charge in [0.1, 0.15) is 0 Å². The molecule has 1 aromatic carbocycles. The number of halogens is 1. The molecule has 5 rings (SSSR count). The number of likely N-dealkylation sites (tertiary alicyclic amines) is 1. The molecular formula is C26H34ClNO. The number of fused-ring (bicyclic) bond motifs is 5. The highest BCUT2D eigenvalue weighted by Crippen LogP contribution is 2.66. The second-order valence-electron chi connectivity index (χ2n) is 10.7. The van der Waals surface area contributed by atoms with Crippen LogP contribution in [0.5, 0.6) is 0 Å². The van der Waals surface area contributed by atoms with Crippen molar-refractivity contribution < 1.29 is 4.79 Å². The van der Waals surface area contributed by atoms with Crippen molar-refractivity contribution in [2.45, 2.75) is 71.3 Å². The van der Waals surface area contributed by atoms with Crippen LogP contribution in [0, 0.1) is 28.6 Å². The normalized spacial score (nSPS) is 43.1. The first-order valence-electron chi connectivity index (χ1n) is 11.6. The average molecular weight is 412 g/mol. The van der Waals surface area contributed by atoms with E-state index in [4.69, 9.17) is 11.6 Å². The fraction of sp³-hybridized carbons (Fsp3) is 0.654. The number of allylic oxidation sites excluding steroid dienone is 1. The molecule has 0 N–H and O–H groups in total. The number of benzene rings is 1. The SMILES string of the molecule is CN1C(=O)CC[C@]2(C)[C@H]3CC[C@]4(C)/C(=C/c5cccc(Cl)c5)CC[C@H]4[C@@H]3CC[C@@H]12. The molecule has 3 heteroatoms. The van der Waals surface area contributed by atoms with Crippen molar-refractivity contribution in [2.24, 2.45) is 28.6 Å². The third-order valence-electron chi connectivity index (χ3n) is 9.59. The summed E-state index contributed by atoms with van der Waals surface area (Å²) in [5.41, 5.74) is 3.54. The first-order valence-corrected chi connectivity index (χ1v) is 11.9. The number of hydrogen-bond donors (Lipinski definition) is 0. The lowest BCUT2D eigenvalue weighted by Gasteiger charge is -2.61. The van der Waals surface area contributed by atoms with E-state index in [-0.39, 0.29) is 0 Å². The van der Waals surface area contributed by atoms with Crippen LogP contribution in [0.15, 0.2) is 29.8 Å². The van der Waals surface area contributed by atoms with E-state index >= 15 is 0 Å². The second-order valence-corrected chi connectivity index (χ2v) is 11.1. The van der Waals surface area contributed by atoms with Crippen molar-refractivity contribution >= 4 is 23.6 Å². The molecule has 4 fully saturated rings. The Bertz CT molecular complexity index is 862. The molecule has 0 unspecified atom stereocenters. The van der Waals surface area contributed by atoms with E-state index in [1.165, 1.54) is 44.1 Å². The van der Waals surface area contributed by atoms with E-state index in [9.17, 15) is 4.79 Å². The van der Waals surface area contributed by atoms with Gasteiger partial charge in [-0.05, 0) is 91.2 Å². The molecule has 2 nitrogen and oxygen atoms in total. The second kappa shape index (κ2) is 6.87. The molecular weight excluding hydrogens is 378 g/mol. The maximum atomic E-state index is 12.3. The van der Waals surface area contributed by atoms with Crippen LogP contribution in [-0.2, 0) is 4.79 Å². The van der Waals surface area contributed by atoms with Crippen molar-refractivity contribution in [3.05, 3.63) is 40.4 Å². The zero-order valence-electron chi connectivity index (χ0n) is 18.1. The largest absolute Gasteiger partial charge is 0.342 e. The van der Waals surface area contributed by atoms with Gasteiger partial charge < -0.3 is 4.90 Å². The lowest BCUT2D eigenvalue weighted by Crippen LogP contribution is -2.61. The first-order chi connectivity index (χ1) is 13.8. The summed E-state index contributed by atoms with van der Waals surface area (Å²) in [5.74, 6) is 2.76. The highest BCUT2D eigenvalue weighted by atomic mass is 35.5. The van der Waals surface area contributed by atoms with Gasteiger partial charge in [-0.25, -0.2) is 0 Å². The summed E-state index contributed by atoms with van der Waals surface area (Å²) >= 11 is 6.24. The molecule has 3 saturated carbocycles. The molecule has 1 saturated heterocycles. The van der Waals surface area contributed by atoms with Gasteiger partial charge in [0.25, 0.3) is 0 Å². The van der Waals surface area contributed by atoms with Crippen LogP contribution in [0.4, 0.5) is 0 Å². The Morgan fingerprint density at radius 1 is 1.07 bits per heavy atom. The molecule has 1 aliphatic heterocycles.